The fourth-order valence-corrected chi connectivity index (χ4v) is 5.01. The number of likely N-dealkylation sites (N-methyl/N-ethyl adjacent to an activating group) is 1. The van der Waals surface area contributed by atoms with E-state index in [2.05, 4.69) is 25.1 Å². The van der Waals surface area contributed by atoms with Gasteiger partial charge < -0.3 is 19.4 Å². The number of aromatic nitrogens is 7. The minimum atomic E-state index is -0.392. The second-order valence-electron chi connectivity index (χ2n) is 10.8. The third kappa shape index (κ3) is 6.06. The van der Waals surface area contributed by atoms with E-state index in [0.717, 1.165) is 22.2 Å². The Bertz CT molecular complexity index is 2110. The number of H-pyrrole nitrogens is 2. The first-order valence-electron chi connectivity index (χ1n) is 14.4. The summed E-state index contributed by atoms with van der Waals surface area (Å²) < 4.78 is 26.5. The Morgan fingerprint density at radius 3 is 2.60 bits per heavy atom. The summed E-state index contributed by atoms with van der Waals surface area (Å²) in [6.07, 6.45) is 5.08. The summed E-state index contributed by atoms with van der Waals surface area (Å²) in [5, 5.41) is 7.57. The van der Waals surface area contributed by atoms with Crippen LogP contribution in [0.25, 0.3) is 56.1 Å². The minimum absolute atomic E-state index is 0.392. The van der Waals surface area contributed by atoms with Crippen molar-refractivity contribution in [2.24, 2.45) is 0 Å². The lowest BCUT2D eigenvalue weighted by atomic mass is 10.1. The maximum atomic E-state index is 14.7. The lowest BCUT2D eigenvalue weighted by molar-refractivity contribution is 0.260. The lowest BCUT2D eigenvalue weighted by Gasteiger charge is -2.12. The minimum Gasteiger partial charge on any atom is -0.492 e. The first-order chi connectivity index (χ1) is 22.0. The SMILES string of the molecule is CN(C)CCOc1cc(F)cc(-c2ccnc3nc(-c4n[nH]c5ccc(-c6cncc(OCc7ccccc7)c6)nc45)[nH]c23)c1. The summed E-state index contributed by atoms with van der Waals surface area (Å²) in [6.45, 7) is 1.59. The molecule has 0 fully saturated rings. The molecule has 2 N–H and O–H groups in total. The zero-order valence-corrected chi connectivity index (χ0v) is 24.7. The van der Waals surface area contributed by atoms with Gasteiger partial charge in [0.05, 0.1) is 22.9 Å². The van der Waals surface area contributed by atoms with E-state index in [-0.39, 0.29) is 0 Å². The molecule has 45 heavy (non-hydrogen) atoms. The lowest BCUT2D eigenvalue weighted by Crippen LogP contribution is -2.19. The molecular formula is C34H29FN8O2. The Morgan fingerprint density at radius 1 is 0.867 bits per heavy atom. The van der Waals surface area contributed by atoms with E-state index in [1.54, 1.807) is 18.6 Å². The number of rotatable bonds is 10. The van der Waals surface area contributed by atoms with Crippen molar-refractivity contribution in [2.75, 3.05) is 27.2 Å². The van der Waals surface area contributed by atoms with Crippen molar-refractivity contribution in [1.82, 2.24) is 40.0 Å². The molecule has 0 saturated heterocycles. The molecular weight excluding hydrogens is 571 g/mol. The maximum absolute atomic E-state index is 14.7. The summed E-state index contributed by atoms with van der Waals surface area (Å²) >= 11 is 0. The van der Waals surface area contributed by atoms with Crippen molar-refractivity contribution < 1.29 is 13.9 Å². The number of hydrogen-bond donors (Lipinski definition) is 2. The number of nitrogens with one attached hydrogen (secondary N) is 2. The molecule has 10 nitrogen and oxygen atoms in total. The number of hydrogen-bond acceptors (Lipinski definition) is 8. The Balaban J connectivity index is 1.20. The molecule has 5 heterocycles. The molecule has 224 valence electrons. The van der Waals surface area contributed by atoms with Crippen LogP contribution in [0.4, 0.5) is 4.39 Å². The molecule has 0 saturated carbocycles. The molecule has 0 unspecified atom stereocenters. The van der Waals surface area contributed by atoms with Gasteiger partial charge in [0.15, 0.2) is 17.2 Å². The molecule has 11 heteroatoms. The number of ether oxygens (including phenoxy) is 2. The van der Waals surface area contributed by atoms with Crippen LogP contribution in [0, 0.1) is 5.82 Å². The van der Waals surface area contributed by atoms with Crippen molar-refractivity contribution in [3.8, 4) is 45.4 Å². The third-order valence-corrected chi connectivity index (χ3v) is 7.27. The highest BCUT2D eigenvalue weighted by atomic mass is 19.1. The van der Waals surface area contributed by atoms with E-state index >= 15 is 0 Å². The van der Waals surface area contributed by atoms with E-state index in [4.69, 9.17) is 19.4 Å². The zero-order valence-electron chi connectivity index (χ0n) is 24.7. The third-order valence-electron chi connectivity index (χ3n) is 7.27. The number of nitrogens with zero attached hydrogens (tertiary/aromatic N) is 6. The average molecular weight is 601 g/mol. The van der Waals surface area contributed by atoms with Gasteiger partial charge in [-0.1, -0.05) is 30.3 Å². The molecule has 0 aliphatic carbocycles. The summed E-state index contributed by atoms with van der Waals surface area (Å²) in [4.78, 5) is 23.8. The Hall–Kier alpha value is -5.68. The number of fused-ring (bicyclic) bond motifs is 2. The van der Waals surface area contributed by atoms with Crippen LogP contribution in [-0.2, 0) is 6.61 Å². The molecule has 0 bridgehead atoms. The fourth-order valence-electron chi connectivity index (χ4n) is 5.01. The van der Waals surface area contributed by atoms with Crippen LogP contribution in [0.5, 0.6) is 11.5 Å². The molecule has 0 amide bonds. The number of aromatic amines is 2. The van der Waals surface area contributed by atoms with Gasteiger partial charge >= 0.3 is 0 Å². The average Bonchev–Trinajstić information content (AvgIpc) is 3.68. The van der Waals surface area contributed by atoms with E-state index in [0.29, 0.717) is 70.7 Å². The van der Waals surface area contributed by atoms with Crippen LogP contribution >= 0.6 is 0 Å². The largest absolute Gasteiger partial charge is 0.492 e. The highest BCUT2D eigenvalue weighted by molar-refractivity contribution is 5.95. The monoisotopic (exact) mass is 600 g/mol. The van der Waals surface area contributed by atoms with Gasteiger partial charge in [-0.3, -0.25) is 10.1 Å². The van der Waals surface area contributed by atoms with Crippen molar-refractivity contribution >= 4 is 22.2 Å². The molecule has 0 aliphatic heterocycles. The summed E-state index contributed by atoms with van der Waals surface area (Å²) in [6, 6.07) is 22.2. The highest BCUT2D eigenvalue weighted by Gasteiger charge is 2.18. The first kappa shape index (κ1) is 28.1. The predicted octanol–water partition coefficient (Wildman–Crippen LogP) is 6.28. The van der Waals surface area contributed by atoms with Gasteiger partial charge in [-0.15, -0.1) is 0 Å². The highest BCUT2D eigenvalue weighted by Crippen LogP contribution is 2.33. The summed E-state index contributed by atoms with van der Waals surface area (Å²) in [7, 11) is 3.92. The number of halogens is 1. The van der Waals surface area contributed by atoms with Gasteiger partial charge in [0.1, 0.15) is 36.0 Å². The molecule has 2 aromatic carbocycles. The number of benzene rings is 2. The normalized spacial score (nSPS) is 11.5. The molecule has 0 spiro atoms. The second-order valence-corrected chi connectivity index (χ2v) is 10.8. The Labute approximate surface area is 257 Å². The summed E-state index contributed by atoms with van der Waals surface area (Å²) in [5.41, 5.74) is 7.00. The van der Waals surface area contributed by atoms with Crippen LogP contribution in [0.15, 0.2) is 91.4 Å². The van der Waals surface area contributed by atoms with Crippen LogP contribution < -0.4 is 9.47 Å². The van der Waals surface area contributed by atoms with Gasteiger partial charge in [-0.05, 0) is 61.6 Å². The Morgan fingerprint density at radius 2 is 1.73 bits per heavy atom. The van der Waals surface area contributed by atoms with Crippen LogP contribution in [0.1, 0.15) is 5.56 Å². The van der Waals surface area contributed by atoms with E-state index < -0.39 is 5.82 Å². The first-order valence-corrected chi connectivity index (χ1v) is 14.4. The smallest absolute Gasteiger partial charge is 0.178 e. The van der Waals surface area contributed by atoms with Crippen LogP contribution in [-0.4, -0.2) is 67.3 Å². The van der Waals surface area contributed by atoms with Crippen molar-refractivity contribution in [2.45, 2.75) is 6.61 Å². The molecule has 0 radical (unpaired) electrons. The maximum Gasteiger partial charge on any atom is 0.178 e. The van der Waals surface area contributed by atoms with Crippen molar-refractivity contribution in [3.63, 3.8) is 0 Å². The van der Waals surface area contributed by atoms with E-state index in [1.165, 1.54) is 12.1 Å². The van der Waals surface area contributed by atoms with E-state index in [1.807, 2.05) is 79.7 Å². The standard InChI is InChI=1S/C34H29FN8O2/c1-43(2)12-13-44-25-15-22(14-24(35)17-25)27-10-11-37-33-30(27)39-34(40-33)32-31-29(41-42-32)9-8-28(38-31)23-16-26(19-36-18-23)45-20-21-6-4-3-5-7-21/h3-11,14-19H,12-13,20H2,1-2H3,(H,41,42)(H,37,39,40). The van der Waals surface area contributed by atoms with Gasteiger partial charge in [-0.25, -0.2) is 19.3 Å². The van der Waals surface area contributed by atoms with Crippen molar-refractivity contribution in [1.29, 1.82) is 0 Å². The summed E-state index contributed by atoms with van der Waals surface area (Å²) in [5.74, 6) is 1.19. The molecule has 7 rings (SSSR count). The number of pyridine rings is 3. The molecule has 5 aromatic heterocycles. The predicted molar refractivity (Wildman–Crippen MR) is 170 cm³/mol. The van der Waals surface area contributed by atoms with Gasteiger partial charge in [0.2, 0.25) is 0 Å². The molecule has 7 aromatic rings. The molecule has 0 atom stereocenters. The van der Waals surface area contributed by atoms with Gasteiger partial charge in [-0.2, -0.15) is 5.10 Å². The zero-order chi connectivity index (χ0) is 30.8. The fraction of sp³-hybridized carbons (Fsp3) is 0.147. The van der Waals surface area contributed by atoms with Crippen LogP contribution in [0.2, 0.25) is 0 Å². The van der Waals surface area contributed by atoms with E-state index in [9.17, 15) is 4.39 Å². The second kappa shape index (κ2) is 12.1. The Kier molecular flexibility index (Phi) is 7.58. The van der Waals surface area contributed by atoms with Crippen LogP contribution in [0.3, 0.4) is 0 Å². The van der Waals surface area contributed by atoms with Gasteiger partial charge in [0.25, 0.3) is 0 Å². The quantitative estimate of drug-likeness (QED) is 0.188. The van der Waals surface area contributed by atoms with Gasteiger partial charge in [0, 0.05) is 36.1 Å². The number of imidazole rings is 1. The topological polar surface area (TPSA) is 118 Å². The van der Waals surface area contributed by atoms with Crippen molar-refractivity contribution in [3.05, 3.63) is 103 Å². The molecule has 0 aliphatic rings.